The van der Waals surface area contributed by atoms with Gasteiger partial charge in [-0.05, 0) is 30.3 Å². The number of carbonyl (C=O) groups is 1. The van der Waals surface area contributed by atoms with Crippen molar-refractivity contribution in [1.82, 2.24) is 0 Å². The van der Waals surface area contributed by atoms with Crippen LogP contribution in [0.5, 0.6) is 5.75 Å². The second kappa shape index (κ2) is 5.73. The molecule has 9 heteroatoms. The predicted octanol–water partition coefficient (Wildman–Crippen LogP) is 4.09. The second-order valence-corrected chi connectivity index (χ2v) is 5.10. The van der Waals surface area contributed by atoms with E-state index >= 15 is 0 Å². The highest BCUT2D eigenvalue weighted by Gasteiger charge is 2.41. The first-order chi connectivity index (χ1) is 11.7. The zero-order chi connectivity index (χ0) is 18.4. The lowest BCUT2D eigenvalue weighted by atomic mass is 10.0. The topological polar surface area (TPSA) is 53.3 Å². The van der Waals surface area contributed by atoms with Crippen LogP contribution in [0.2, 0.25) is 0 Å². The number of fused-ring (bicyclic) bond motifs is 1. The van der Waals surface area contributed by atoms with Crippen LogP contribution in [0.25, 0.3) is 0 Å². The summed E-state index contributed by atoms with van der Waals surface area (Å²) < 4.78 is 67.6. The van der Waals surface area contributed by atoms with Crippen LogP contribution in [0, 0.1) is 23.0 Å². The fourth-order valence-electron chi connectivity index (χ4n) is 2.61. The van der Waals surface area contributed by atoms with Crippen molar-refractivity contribution < 1.29 is 31.5 Å². The zero-order valence-corrected chi connectivity index (χ0v) is 12.1. The molecule has 0 radical (unpaired) electrons. The molecule has 25 heavy (non-hydrogen) atoms. The molecule has 3 rings (SSSR count). The molecule has 128 valence electrons. The maximum absolute atomic E-state index is 14.0. The number of halogens is 5. The number of amides is 1. The normalized spacial score (nSPS) is 16.6. The molecule has 0 aromatic heterocycles. The molecule has 2 aromatic rings. The minimum atomic E-state index is -4.88. The summed E-state index contributed by atoms with van der Waals surface area (Å²) in [4.78, 5) is 13.3. The van der Waals surface area contributed by atoms with Crippen molar-refractivity contribution in [2.45, 2.75) is 12.4 Å². The highest BCUT2D eigenvalue weighted by Crippen LogP contribution is 2.39. The van der Waals surface area contributed by atoms with Gasteiger partial charge in [-0.25, -0.2) is 8.78 Å². The van der Waals surface area contributed by atoms with Gasteiger partial charge in [-0.2, -0.15) is 5.26 Å². The van der Waals surface area contributed by atoms with Gasteiger partial charge in [-0.1, -0.05) is 0 Å². The summed E-state index contributed by atoms with van der Waals surface area (Å²) in [5.41, 5.74) is -0.536. The summed E-state index contributed by atoms with van der Waals surface area (Å²) in [6, 6.07) is 5.87. The third kappa shape index (κ3) is 2.98. The van der Waals surface area contributed by atoms with E-state index in [1.807, 2.05) is 0 Å². The van der Waals surface area contributed by atoms with Crippen LogP contribution >= 0.6 is 0 Å². The molecule has 0 saturated carbocycles. The molecule has 0 aliphatic carbocycles. The number of rotatable bonds is 2. The van der Waals surface area contributed by atoms with Crippen molar-refractivity contribution in [3.05, 3.63) is 59.2 Å². The number of hydrogen-bond donors (Lipinski definition) is 0. The highest BCUT2D eigenvalue weighted by atomic mass is 19.4. The molecule has 1 atom stereocenters. The van der Waals surface area contributed by atoms with E-state index in [-0.39, 0.29) is 16.8 Å². The van der Waals surface area contributed by atoms with E-state index in [1.54, 1.807) is 6.07 Å². The second-order valence-electron chi connectivity index (χ2n) is 5.10. The molecule has 0 bridgehead atoms. The van der Waals surface area contributed by atoms with Gasteiger partial charge >= 0.3 is 6.36 Å². The van der Waals surface area contributed by atoms with Crippen molar-refractivity contribution in [3.8, 4) is 11.8 Å². The molecule has 0 saturated heterocycles. The Kier molecular flexibility index (Phi) is 3.83. The fourth-order valence-corrected chi connectivity index (χ4v) is 2.61. The lowest BCUT2D eigenvalue weighted by Crippen LogP contribution is -2.27. The van der Waals surface area contributed by atoms with Gasteiger partial charge < -0.3 is 4.74 Å². The van der Waals surface area contributed by atoms with Crippen LogP contribution in [0.15, 0.2) is 36.4 Å². The average molecular weight is 354 g/mol. The Balaban J connectivity index is 2.00. The molecule has 1 aliphatic rings. The van der Waals surface area contributed by atoms with Gasteiger partial charge in [0.25, 0.3) is 5.91 Å². The number of ether oxygens (including phenoxy) is 1. The number of carbonyl (C=O) groups excluding carboxylic acids is 1. The third-order valence-electron chi connectivity index (χ3n) is 3.55. The first-order valence-corrected chi connectivity index (χ1v) is 6.79. The number of alkyl halides is 3. The minimum Gasteiger partial charge on any atom is -0.406 e. The fraction of sp³-hybridized carbons (Fsp3) is 0.125. The zero-order valence-electron chi connectivity index (χ0n) is 12.1. The largest absolute Gasteiger partial charge is 0.573 e. The quantitative estimate of drug-likeness (QED) is 0.764. The summed E-state index contributed by atoms with van der Waals surface area (Å²) in [6.07, 6.45) is -4.88. The maximum Gasteiger partial charge on any atom is 0.573 e. The molecule has 4 nitrogen and oxygen atoms in total. The van der Waals surface area contributed by atoms with E-state index in [0.29, 0.717) is 6.07 Å². The predicted molar refractivity (Wildman–Crippen MR) is 74.6 cm³/mol. The van der Waals surface area contributed by atoms with Gasteiger partial charge in [-0.15, -0.1) is 13.2 Å². The van der Waals surface area contributed by atoms with E-state index in [4.69, 9.17) is 0 Å². The van der Waals surface area contributed by atoms with Crippen LogP contribution in [0.3, 0.4) is 0 Å². The Morgan fingerprint density at radius 1 is 1.12 bits per heavy atom. The van der Waals surface area contributed by atoms with Crippen LogP contribution in [-0.4, -0.2) is 12.3 Å². The maximum atomic E-state index is 14.0. The Morgan fingerprint density at radius 2 is 1.76 bits per heavy atom. The number of nitrogens with zero attached hydrogens (tertiary/aromatic N) is 2. The Bertz CT molecular complexity index is 887. The molecule has 1 heterocycles. The van der Waals surface area contributed by atoms with E-state index < -0.39 is 35.7 Å². The summed E-state index contributed by atoms with van der Waals surface area (Å²) in [5, 5.41) is 9.29. The van der Waals surface area contributed by atoms with E-state index in [0.717, 1.165) is 35.2 Å². The molecule has 0 spiro atoms. The number of nitriles is 1. The minimum absolute atomic E-state index is 0.0436. The van der Waals surface area contributed by atoms with E-state index in [9.17, 15) is 32.0 Å². The van der Waals surface area contributed by atoms with Gasteiger partial charge in [0, 0.05) is 17.3 Å². The molecule has 1 unspecified atom stereocenters. The van der Waals surface area contributed by atoms with Crippen molar-refractivity contribution >= 4 is 11.6 Å². The first kappa shape index (κ1) is 16.7. The summed E-state index contributed by atoms with van der Waals surface area (Å²) in [5.74, 6) is -3.37. The van der Waals surface area contributed by atoms with E-state index in [2.05, 4.69) is 4.74 Å². The molecule has 0 N–H and O–H groups in total. The van der Waals surface area contributed by atoms with Gasteiger partial charge in [0.1, 0.15) is 17.4 Å². The lowest BCUT2D eigenvalue weighted by Gasteiger charge is -2.20. The molecule has 0 fully saturated rings. The monoisotopic (exact) mass is 354 g/mol. The van der Waals surface area contributed by atoms with Crippen LogP contribution in [-0.2, 0) is 0 Å². The smallest absolute Gasteiger partial charge is 0.406 e. The molecular formula is C16H7F5N2O2. The van der Waals surface area contributed by atoms with Crippen molar-refractivity contribution in [2.75, 3.05) is 4.90 Å². The first-order valence-electron chi connectivity index (χ1n) is 6.79. The molecule has 1 amide bonds. The van der Waals surface area contributed by atoms with E-state index in [1.165, 1.54) is 0 Å². The van der Waals surface area contributed by atoms with Crippen molar-refractivity contribution in [3.63, 3.8) is 0 Å². The Morgan fingerprint density at radius 3 is 2.32 bits per heavy atom. The summed E-state index contributed by atoms with van der Waals surface area (Å²) in [7, 11) is 0. The van der Waals surface area contributed by atoms with Gasteiger partial charge in [0.05, 0.1) is 11.6 Å². The van der Waals surface area contributed by atoms with Crippen molar-refractivity contribution in [2.24, 2.45) is 0 Å². The lowest BCUT2D eigenvalue weighted by molar-refractivity contribution is -0.274. The standard InChI is InChI=1S/C16H7F5N2O2/c17-8-5-11-14(12(18)6-8)13(7-22)23(15(11)24)9-1-3-10(4-2-9)25-16(19,20)21/h1-6,13H. The number of benzene rings is 2. The van der Waals surface area contributed by atoms with Gasteiger partial charge in [-0.3, -0.25) is 9.69 Å². The molecular weight excluding hydrogens is 347 g/mol. The number of hydrogen-bond acceptors (Lipinski definition) is 3. The summed E-state index contributed by atoms with van der Waals surface area (Å²) in [6.45, 7) is 0. The van der Waals surface area contributed by atoms with Crippen LogP contribution < -0.4 is 9.64 Å². The molecule has 2 aromatic carbocycles. The number of anilines is 1. The molecule has 1 aliphatic heterocycles. The van der Waals surface area contributed by atoms with Crippen LogP contribution in [0.4, 0.5) is 27.6 Å². The SMILES string of the molecule is N#CC1c2c(F)cc(F)cc2C(=O)N1c1ccc(OC(F)(F)F)cc1. The van der Waals surface area contributed by atoms with Gasteiger partial charge in [0.2, 0.25) is 0 Å². The van der Waals surface area contributed by atoms with Gasteiger partial charge in [0.15, 0.2) is 6.04 Å². The summed E-state index contributed by atoms with van der Waals surface area (Å²) >= 11 is 0. The Labute approximate surface area is 137 Å². The average Bonchev–Trinajstić information content (AvgIpc) is 2.79. The highest BCUT2D eigenvalue weighted by molar-refractivity contribution is 6.11. The Hall–Kier alpha value is -3.15. The van der Waals surface area contributed by atoms with Crippen LogP contribution in [0.1, 0.15) is 22.0 Å². The third-order valence-corrected chi connectivity index (χ3v) is 3.55. The van der Waals surface area contributed by atoms with Crippen molar-refractivity contribution in [1.29, 1.82) is 5.26 Å².